The molecule has 120 valence electrons. The molecule has 0 aliphatic carbocycles. The number of aromatic nitrogens is 2. The lowest BCUT2D eigenvalue weighted by molar-refractivity contribution is -0.154. The number of amides is 1. The number of ether oxygens (including phenoxy) is 1. The third-order valence-electron chi connectivity index (χ3n) is 3.51. The van der Waals surface area contributed by atoms with Crippen molar-refractivity contribution >= 4 is 23.5 Å². The van der Waals surface area contributed by atoms with Crippen LogP contribution >= 0.6 is 11.6 Å². The Labute approximate surface area is 137 Å². The maximum Gasteiger partial charge on any atom is 0.334 e. The number of carbonyl (C=O) groups excluding carboxylic acids is 1. The van der Waals surface area contributed by atoms with Gasteiger partial charge in [-0.25, -0.2) is 9.48 Å². The van der Waals surface area contributed by atoms with Crippen LogP contribution in [-0.4, -0.2) is 57.5 Å². The fraction of sp³-hybridized carbons (Fsp3) is 0.267. The molecule has 1 fully saturated rings. The summed E-state index contributed by atoms with van der Waals surface area (Å²) in [6.45, 7) is 0.544. The van der Waals surface area contributed by atoms with Gasteiger partial charge in [0.2, 0.25) is 0 Å². The zero-order valence-corrected chi connectivity index (χ0v) is 12.8. The number of rotatable bonds is 3. The van der Waals surface area contributed by atoms with Crippen LogP contribution in [0.3, 0.4) is 0 Å². The van der Waals surface area contributed by atoms with Crippen LogP contribution in [-0.2, 0) is 9.53 Å². The molecular formula is C15H14ClN3O4. The molecule has 1 unspecified atom stereocenters. The number of carboxylic acid groups (broad SMARTS) is 1. The van der Waals surface area contributed by atoms with Crippen molar-refractivity contribution in [1.29, 1.82) is 0 Å². The second kappa shape index (κ2) is 6.39. The highest BCUT2D eigenvalue weighted by atomic mass is 35.5. The number of morpholine rings is 1. The standard InChI is InChI=1S/C15H14ClN3O4/c16-10-2-1-3-11(8-10)19-5-4-12(17-19)14(20)18-6-7-23-13(9-18)15(21)22/h1-5,8,13H,6-7,9H2,(H,21,22). The molecule has 3 rings (SSSR count). The Morgan fingerprint density at radius 3 is 2.91 bits per heavy atom. The third kappa shape index (κ3) is 3.35. The van der Waals surface area contributed by atoms with Gasteiger partial charge in [-0.3, -0.25) is 4.79 Å². The normalized spacial score (nSPS) is 18.0. The molecule has 1 aliphatic rings. The highest BCUT2D eigenvalue weighted by Gasteiger charge is 2.30. The highest BCUT2D eigenvalue weighted by molar-refractivity contribution is 6.30. The number of aliphatic carboxylic acids is 1. The third-order valence-corrected chi connectivity index (χ3v) is 3.75. The van der Waals surface area contributed by atoms with Crippen molar-refractivity contribution in [2.24, 2.45) is 0 Å². The second-order valence-corrected chi connectivity index (χ2v) is 5.51. The molecular weight excluding hydrogens is 322 g/mol. The van der Waals surface area contributed by atoms with Crippen molar-refractivity contribution < 1.29 is 19.4 Å². The first kappa shape index (κ1) is 15.5. The van der Waals surface area contributed by atoms with Crippen LogP contribution in [0.1, 0.15) is 10.5 Å². The molecule has 0 bridgehead atoms. The Bertz CT molecular complexity index is 746. The van der Waals surface area contributed by atoms with Crippen molar-refractivity contribution in [3.8, 4) is 5.69 Å². The van der Waals surface area contributed by atoms with E-state index in [1.54, 1.807) is 35.1 Å². The Morgan fingerprint density at radius 1 is 1.35 bits per heavy atom. The number of carboxylic acids is 1. The molecule has 1 amide bonds. The predicted molar refractivity (Wildman–Crippen MR) is 81.9 cm³/mol. The number of hydrogen-bond donors (Lipinski definition) is 1. The Balaban J connectivity index is 1.77. The maximum absolute atomic E-state index is 12.5. The first-order valence-corrected chi connectivity index (χ1v) is 7.37. The van der Waals surface area contributed by atoms with Gasteiger partial charge in [-0.05, 0) is 24.3 Å². The van der Waals surface area contributed by atoms with E-state index in [2.05, 4.69) is 5.10 Å². The minimum atomic E-state index is -1.08. The van der Waals surface area contributed by atoms with E-state index in [-0.39, 0.29) is 24.8 Å². The predicted octanol–water partition coefficient (Wildman–Crippen LogP) is 1.45. The fourth-order valence-corrected chi connectivity index (χ4v) is 2.53. The van der Waals surface area contributed by atoms with Gasteiger partial charge in [-0.15, -0.1) is 0 Å². The molecule has 2 aromatic rings. The van der Waals surface area contributed by atoms with Gasteiger partial charge in [-0.2, -0.15) is 5.10 Å². The Hall–Kier alpha value is -2.38. The quantitative estimate of drug-likeness (QED) is 0.917. The van der Waals surface area contributed by atoms with Crippen molar-refractivity contribution in [2.45, 2.75) is 6.10 Å². The summed E-state index contributed by atoms with van der Waals surface area (Å²) in [5.74, 6) is -1.40. The van der Waals surface area contributed by atoms with Crippen LogP contribution in [0.2, 0.25) is 5.02 Å². The van der Waals surface area contributed by atoms with Crippen molar-refractivity contribution in [2.75, 3.05) is 19.7 Å². The van der Waals surface area contributed by atoms with Gasteiger partial charge in [0.15, 0.2) is 11.8 Å². The van der Waals surface area contributed by atoms with Gasteiger partial charge < -0.3 is 14.7 Å². The van der Waals surface area contributed by atoms with Gasteiger partial charge in [0.25, 0.3) is 5.91 Å². The van der Waals surface area contributed by atoms with E-state index >= 15 is 0 Å². The van der Waals surface area contributed by atoms with Crippen LogP contribution in [0.4, 0.5) is 0 Å². The van der Waals surface area contributed by atoms with E-state index in [1.165, 1.54) is 4.90 Å². The van der Waals surface area contributed by atoms with E-state index in [0.29, 0.717) is 11.6 Å². The molecule has 0 saturated carbocycles. The summed E-state index contributed by atoms with van der Waals surface area (Å²) in [5, 5.41) is 13.8. The van der Waals surface area contributed by atoms with E-state index in [0.717, 1.165) is 5.69 Å². The molecule has 1 saturated heterocycles. The van der Waals surface area contributed by atoms with Crippen LogP contribution in [0, 0.1) is 0 Å². The number of benzene rings is 1. The molecule has 23 heavy (non-hydrogen) atoms. The number of hydrogen-bond acceptors (Lipinski definition) is 4. The molecule has 1 aromatic heterocycles. The Morgan fingerprint density at radius 2 is 2.17 bits per heavy atom. The second-order valence-electron chi connectivity index (χ2n) is 5.07. The molecule has 7 nitrogen and oxygen atoms in total. The van der Waals surface area contributed by atoms with E-state index in [4.69, 9.17) is 21.4 Å². The van der Waals surface area contributed by atoms with Crippen LogP contribution in [0.25, 0.3) is 5.69 Å². The summed E-state index contributed by atoms with van der Waals surface area (Å²) in [6, 6.07) is 8.69. The topological polar surface area (TPSA) is 84.7 Å². The molecule has 0 spiro atoms. The van der Waals surface area contributed by atoms with Crippen molar-refractivity contribution in [1.82, 2.24) is 14.7 Å². The summed E-state index contributed by atoms with van der Waals surface area (Å²) in [4.78, 5) is 24.9. The average Bonchev–Trinajstić information content (AvgIpc) is 3.04. The molecule has 1 aliphatic heterocycles. The van der Waals surface area contributed by atoms with Gasteiger partial charge in [0.1, 0.15) is 0 Å². The molecule has 1 aromatic carbocycles. The minimum Gasteiger partial charge on any atom is -0.479 e. The van der Waals surface area contributed by atoms with E-state index in [9.17, 15) is 9.59 Å². The highest BCUT2D eigenvalue weighted by Crippen LogP contribution is 2.15. The molecule has 1 atom stereocenters. The first-order valence-electron chi connectivity index (χ1n) is 7.00. The van der Waals surface area contributed by atoms with Crippen molar-refractivity contribution in [3.05, 3.63) is 47.2 Å². The smallest absolute Gasteiger partial charge is 0.334 e. The Kier molecular flexibility index (Phi) is 4.31. The first-order chi connectivity index (χ1) is 11.0. The summed E-state index contributed by atoms with van der Waals surface area (Å²) in [5.41, 5.74) is 0.984. The zero-order valence-electron chi connectivity index (χ0n) is 12.1. The fourth-order valence-electron chi connectivity index (χ4n) is 2.35. The number of carbonyl (C=O) groups is 2. The van der Waals surface area contributed by atoms with Gasteiger partial charge in [-0.1, -0.05) is 17.7 Å². The lowest BCUT2D eigenvalue weighted by Gasteiger charge is -2.30. The van der Waals surface area contributed by atoms with Gasteiger partial charge in [0.05, 0.1) is 18.8 Å². The molecule has 8 heteroatoms. The maximum atomic E-state index is 12.5. The van der Waals surface area contributed by atoms with Crippen LogP contribution in [0.15, 0.2) is 36.5 Å². The SMILES string of the molecule is O=C(O)C1CN(C(=O)c2ccn(-c3cccc(Cl)c3)n2)CCO1. The molecule has 1 N–H and O–H groups in total. The zero-order chi connectivity index (χ0) is 16.4. The molecule has 2 heterocycles. The average molecular weight is 336 g/mol. The van der Waals surface area contributed by atoms with Gasteiger partial charge in [0, 0.05) is 17.8 Å². The lowest BCUT2D eigenvalue weighted by atomic mass is 10.2. The lowest BCUT2D eigenvalue weighted by Crippen LogP contribution is -2.48. The van der Waals surface area contributed by atoms with Crippen molar-refractivity contribution in [3.63, 3.8) is 0 Å². The van der Waals surface area contributed by atoms with Crippen LogP contribution < -0.4 is 0 Å². The minimum absolute atomic E-state index is 0.0121. The summed E-state index contributed by atoms with van der Waals surface area (Å²) >= 11 is 5.95. The largest absolute Gasteiger partial charge is 0.479 e. The van der Waals surface area contributed by atoms with E-state index < -0.39 is 12.1 Å². The molecule has 0 radical (unpaired) electrons. The monoisotopic (exact) mass is 335 g/mol. The summed E-state index contributed by atoms with van der Waals surface area (Å²) in [7, 11) is 0. The summed E-state index contributed by atoms with van der Waals surface area (Å²) in [6.07, 6.45) is 0.663. The summed E-state index contributed by atoms with van der Waals surface area (Å²) < 4.78 is 6.66. The number of halogens is 1. The van der Waals surface area contributed by atoms with Crippen LogP contribution in [0.5, 0.6) is 0 Å². The van der Waals surface area contributed by atoms with Gasteiger partial charge >= 0.3 is 5.97 Å². The van der Waals surface area contributed by atoms with E-state index in [1.807, 2.05) is 6.07 Å². The number of nitrogens with zero attached hydrogens (tertiary/aromatic N) is 3.